The van der Waals surface area contributed by atoms with Crippen molar-refractivity contribution < 1.29 is 9.90 Å². The van der Waals surface area contributed by atoms with Crippen LogP contribution in [0, 0.1) is 0 Å². The van der Waals surface area contributed by atoms with Crippen LogP contribution < -0.4 is 10.2 Å². The van der Waals surface area contributed by atoms with Gasteiger partial charge in [-0.25, -0.2) is 0 Å². The van der Waals surface area contributed by atoms with Crippen molar-refractivity contribution in [3.05, 3.63) is 70.7 Å². The molecule has 0 bridgehead atoms. The summed E-state index contributed by atoms with van der Waals surface area (Å²) in [4.78, 5) is 17.4. The Morgan fingerprint density at radius 2 is 1.62 bits per heavy atom. The molecule has 4 rings (SSSR count). The molecule has 2 N–H and O–H groups in total. The molecule has 1 fully saturated rings. The van der Waals surface area contributed by atoms with Crippen molar-refractivity contribution in [2.24, 2.45) is 0 Å². The molecular formula is C23H24BrN3O2. The van der Waals surface area contributed by atoms with Gasteiger partial charge in [0.25, 0.3) is 5.91 Å². The van der Waals surface area contributed by atoms with E-state index in [0.717, 1.165) is 42.6 Å². The second-order valence-electron chi connectivity index (χ2n) is 7.22. The SMILES string of the molecule is O=C(NCCN1CCN(c2ccccc2)CC1)c1cc(Br)c2ccccc2c1O. The summed E-state index contributed by atoms with van der Waals surface area (Å²) in [6.45, 7) is 5.25. The molecule has 3 aromatic carbocycles. The van der Waals surface area contributed by atoms with Crippen LogP contribution in [0.25, 0.3) is 10.8 Å². The van der Waals surface area contributed by atoms with Crippen molar-refractivity contribution in [2.45, 2.75) is 0 Å². The molecular weight excluding hydrogens is 430 g/mol. The van der Waals surface area contributed by atoms with E-state index in [1.807, 2.05) is 30.3 Å². The minimum atomic E-state index is -0.253. The van der Waals surface area contributed by atoms with Gasteiger partial charge >= 0.3 is 0 Å². The summed E-state index contributed by atoms with van der Waals surface area (Å²) in [5.74, 6) is -0.227. The van der Waals surface area contributed by atoms with Crippen LogP contribution in [0.15, 0.2) is 65.1 Å². The highest BCUT2D eigenvalue weighted by Gasteiger charge is 2.18. The third-order valence-corrected chi connectivity index (χ3v) is 6.07. The molecule has 0 unspecified atom stereocenters. The molecule has 0 saturated carbocycles. The van der Waals surface area contributed by atoms with E-state index in [2.05, 4.69) is 55.3 Å². The van der Waals surface area contributed by atoms with E-state index < -0.39 is 0 Å². The maximum absolute atomic E-state index is 12.6. The second kappa shape index (κ2) is 8.84. The molecule has 1 heterocycles. The Hall–Kier alpha value is -2.57. The first kappa shape index (κ1) is 19.7. The number of benzene rings is 3. The average molecular weight is 454 g/mol. The minimum absolute atomic E-state index is 0.0257. The van der Waals surface area contributed by atoms with Gasteiger partial charge in [-0.2, -0.15) is 0 Å². The Morgan fingerprint density at radius 1 is 0.966 bits per heavy atom. The summed E-state index contributed by atoms with van der Waals surface area (Å²) in [5, 5.41) is 15.0. The van der Waals surface area contributed by atoms with Crippen LogP contribution in [0.2, 0.25) is 0 Å². The van der Waals surface area contributed by atoms with E-state index in [9.17, 15) is 9.90 Å². The van der Waals surface area contributed by atoms with Gasteiger partial charge in [0.05, 0.1) is 5.56 Å². The molecule has 0 radical (unpaired) electrons. The van der Waals surface area contributed by atoms with Gasteiger partial charge in [-0.1, -0.05) is 58.4 Å². The van der Waals surface area contributed by atoms with E-state index in [4.69, 9.17) is 0 Å². The van der Waals surface area contributed by atoms with E-state index in [1.165, 1.54) is 5.69 Å². The van der Waals surface area contributed by atoms with Gasteiger partial charge in [0.1, 0.15) is 5.75 Å². The van der Waals surface area contributed by atoms with Gasteiger partial charge in [-0.15, -0.1) is 0 Å². The molecule has 1 amide bonds. The smallest absolute Gasteiger partial charge is 0.255 e. The number of para-hydroxylation sites is 1. The van der Waals surface area contributed by atoms with Crippen molar-refractivity contribution in [2.75, 3.05) is 44.2 Å². The largest absolute Gasteiger partial charge is 0.506 e. The Balaban J connectivity index is 1.31. The van der Waals surface area contributed by atoms with Crippen molar-refractivity contribution in [3.63, 3.8) is 0 Å². The number of carbonyl (C=O) groups is 1. The number of amides is 1. The standard InChI is InChI=1S/C23H24BrN3O2/c24-21-16-20(22(28)19-9-5-4-8-18(19)21)23(29)25-10-11-26-12-14-27(15-13-26)17-6-2-1-3-7-17/h1-9,16,28H,10-15H2,(H,25,29). The fourth-order valence-corrected chi connectivity index (χ4v) is 4.35. The van der Waals surface area contributed by atoms with Gasteiger partial charge in [-0.05, 0) is 23.6 Å². The van der Waals surface area contributed by atoms with Crippen molar-refractivity contribution in [1.29, 1.82) is 0 Å². The van der Waals surface area contributed by atoms with E-state index in [1.54, 1.807) is 6.07 Å². The number of hydrogen-bond donors (Lipinski definition) is 2. The number of aromatic hydroxyl groups is 1. The Labute approximate surface area is 179 Å². The molecule has 0 spiro atoms. The molecule has 3 aromatic rings. The van der Waals surface area contributed by atoms with Crippen LogP contribution in [-0.4, -0.2) is 55.2 Å². The molecule has 0 atom stereocenters. The number of anilines is 1. The van der Waals surface area contributed by atoms with Crippen LogP contribution in [0.4, 0.5) is 5.69 Å². The lowest BCUT2D eigenvalue weighted by Gasteiger charge is -2.36. The van der Waals surface area contributed by atoms with Crippen molar-refractivity contribution in [1.82, 2.24) is 10.2 Å². The van der Waals surface area contributed by atoms with Crippen molar-refractivity contribution >= 4 is 38.3 Å². The Bertz CT molecular complexity index is 1000. The number of phenols is 1. The highest BCUT2D eigenvalue weighted by molar-refractivity contribution is 9.10. The number of piperazine rings is 1. The van der Waals surface area contributed by atoms with E-state index >= 15 is 0 Å². The summed E-state index contributed by atoms with van der Waals surface area (Å²) in [6.07, 6.45) is 0. The average Bonchev–Trinajstić information content (AvgIpc) is 2.77. The van der Waals surface area contributed by atoms with Crippen LogP contribution in [0.1, 0.15) is 10.4 Å². The van der Waals surface area contributed by atoms with E-state index in [0.29, 0.717) is 17.5 Å². The number of halogens is 1. The zero-order valence-corrected chi connectivity index (χ0v) is 17.7. The molecule has 1 aliphatic heterocycles. The van der Waals surface area contributed by atoms with Gasteiger partial charge in [0.2, 0.25) is 0 Å². The molecule has 1 aliphatic rings. The first-order valence-electron chi connectivity index (χ1n) is 9.84. The zero-order chi connectivity index (χ0) is 20.2. The number of phenolic OH excluding ortho intramolecular Hbond substituents is 1. The number of carbonyl (C=O) groups excluding carboxylic acids is 1. The predicted octanol–water partition coefficient (Wildman–Crippen LogP) is 3.86. The quantitative estimate of drug-likeness (QED) is 0.615. The molecule has 29 heavy (non-hydrogen) atoms. The fourth-order valence-electron chi connectivity index (χ4n) is 3.78. The summed E-state index contributed by atoms with van der Waals surface area (Å²) in [6, 6.07) is 19.6. The Morgan fingerprint density at radius 3 is 2.34 bits per heavy atom. The highest BCUT2D eigenvalue weighted by atomic mass is 79.9. The lowest BCUT2D eigenvalue weighted by molar-refractivity contribution is 0.0945. The highest BCUT2D eigenvalue weighted by Crippen LogP contribution is 2.34. The maximum Gasteiger partial charge on any atom is 0.255 e. The number of rotatable bonds is 5. The van der Waals surface area contributed by atoms with Crippen LogP contribution >= 0.6 is 15.9 Å². The van der Waals surface area contributed by atoms with Gasteiger partial charge in [-0.3, -0.25) is 9.69 Å². The first-order chi connectivity index (χ1) is 14.1. The lowest BCUT2D eigenvalue weighted by Crippen LogP contribution is -2.48. The molecule has 0 aliphatic carbocycles. The summed E-state index contributed by atoms with van der Waals surface area (Å²) in [7, 11) is 0. The van der Waals surface area contributed by atoms with Gasteiger partial charge < -0.3 is 15.3 Å². The lowest BCUT2D eigenvalue weighted by atomic mass is 10.0. The van der Waals surface area contributed by atoms with Crippen LogP contribution in [0.5, 0.6) is 5.75 Å². The molecule has 1 saturated heterocycles. The number of nitrogens with one attached hydrogen (secondary N) is 1. The predicted molar refractivity (Wildman–Crippen MR) is 121 cm³/mol. The first-order valence-corrected chi connectivity index (χ1v) is 10.6. The summed E-state index contributed by atoms with van der Waals surface area (Å²) >= 11 is 3.50. The topological polar surface area (TPSA) is 55.8 Å². The number of nitrogens with zero attached hydrogens (tertiary/aromatic N) is 2. The van der Waals surface area contributed by atoms with Gasteiger partial charge in [0.15, 0.2) is 0 Å². The normalized spacial score (nSPS) is 14.9. The van der Waals surface area contributed by atoms with Crippen molar-refractivity contribution in [3.8, 4) is 5.75 Å². The third-order valence-electron chi connectivity index (χ3n) is 5.42. The second-order valence-corrected chi connectivity index (χ2v) is 8.07. The fraction of sp³-hybridized carbons (Fsp3) is 0.261. The number of hydrogen-bond acceptors (Lipinski definition) is 4. The van der Waals surface area contributed by atoms with E-state index in [-0.39, 0.29) is 11.7 Å². The van der Waals surface area contributed by atoms with Gasteiger partial charge in [0, 0.05) is 54.8 Å². The van der Waals surface area contributed by atoms with Crippen LogP contribution in [-0.2, 0) is 0 Å². The molecule has 6 heteroatoms. The number of fused-ring (bicyclic) bond motifs is 1. The molecule has 0 aromatic heterocycles. The maximum atomic E-state index is 12.6. The molecule has 150 valence electrons. The van der Waals surface area contributed by atoms with Crippen LogP contribution in [0.3, 0.4) is 0 Å². The Kier molecular flexibility index (Phi) is 6.02. The monoisotopic (exact) mass is 453 g/mol. The summed E-state index contributed by atoms with van der Waals surface area (Å²) in [5.41, 5.74) is 1.56. The zero-order valence-electron chi connectivity index (χ0n) is 16.1. The minimum Gasteiger partial charge on any atom is -0.506 e. The molecule has 5 nitrogen and oxygen atoms in total. The summed E-state index contributed by atoms with van der Waals surface area (Å²) < 4.78 is 0.799. The third kappa shape index (κ3) is 4.38.